The second kappa shape index (κ2) is 8.07. The number of carbonyl (C=O) groups is 1. The monoisotopic (exact) mass is 241 g/mol. The van der Waals surface area contributed by atoms with Crippen LogP contribution in [0, 0.1) is 18.3 Å². The van der Waals surface area contributed by atoms with Crippen LogP contribution in [0.3, 0.4) is 0 Å². The Morgan fingerprint density at radius 2 is 2.06 bits per heavy atom. The average molecular weight is 241 g/mol. The molecular weight excluding hydrogens is 222 g/mol. The van der Waals surface area contributed by atoms with Crippen molar-refractivity contribution in [1.29, 1.82) is 0 Å². The number of terminal acetylenes is 1. The molecule has 1 atom stereocenters. The molecule has 0 radical (unpaired) electrons. The maximum atomic E-state index is 11.5. The number of aliphatic hydroxyl groups excluding tert-OH is 1. The Balaban J connectivity index is 2.00. The van der Waals surface area contributed by atoms with E-state index >= 15 is 0 Å². The molecule has 1 aliphatic rings. The van der Waals surface area contributed by atoms with E-state index in [1.54, 1.807) is 4.90 Å². The summed E-state index contributed by atoms with van der Waals surface area (Å²) in [7, 11) is 0. The van der Waals surface area contributed by atoms with Crippen LogP contribution in [-0.2, 0) is 14.3 Å². The van der Waals surface area contributed by atoms with Gasteiger partial charge in [0.05, 0.1) is 33.0 Å². The number of hydrogen-bond donors (Lipinski definition) is 1. The summed E-state index contributed by atoms with van der Waals surface area (Å²) in [4.78, 5) is 13.2. The van der Waals surface area contributed by atoms with Crippen LogP contribution >= 0.6 is 0 Å². The summed E-state index contributed by atoms with van der Waals surface area (Å²) in [6.07, 6.45) is 5.74. The Hall–Kier alpha value is -1.09. The van der Waals surface area contributed by atoms with Crippen molar-refractivity contribution in [3.8, 4) is 12.3 Å². The van der Waals surface area contributed by atoms with Crippen molar-refractivity contribution in [3.05, 3.63) is 0 Å². The molecule has 5 heteroatoms. The summed E-state index contributed by atoms with van der Waals surface area (Å²) in [5.41, 5.74) is 0. The van der Waals surface area contributed by atoms with Crippen LogP contribution in [0.4, 0.5) is 0 Å². The van der Waals surface area contributed by atoms with Crippen LogP contribution in [0.5, 0.6) is 0 Å². The number of rotatable bonds is 8. The zero-order valence-corrected chi connectivity index (χ0v) is 9.93. The molecule has 1 fully saturated rings. The fraction of sp³-hybridized carbons (Fsp3) is 0.750. The summed E-state index contributed by atoms with van der Waals surface area (Å²) < 4.78 is 10.3. The number of ether oxygens (including phenoxy) is 2. The van der Waals surface area contributed by atoms with Gasteiger partial charge in [-0.2, -0.15) is 0 Å². The van der Waals surface area contributed by atoms with Gasteiger partial charge in [0.1, 0.15) is 0 Å². The molecule has 0 spiro atoms. The number of amides is 1. The lowest BCUT2D eigenvalue weighted by Gasteiger charge is -2.15. The molecule has 1 aliphatic heterocycles. The third-order valence-corrected chi connectivity index (χ3v) is 2.56. The summed E-state index contributed by atoms with van der Waals surface area (Å²) in [6.45, 7) is 3.00. The third-order valence-electron chi connectivity index (χ3n) is 2.56. The van der Waals surface area contributed by atoms with Gasteiger partial charge in [-0.05, 0) is 0 Å². The topological polar surface area (TPSA) is 59.0 Å². The van der Waals surface area contributed by atoms with Crippen LogP contribution in [0.2, 0.25) is 0 Å². The van der Waals surface area contributed by atoms with E-state index < -0.39 is 0 Å². The average Bonchev–Trinajstić information content (AvgIpc) is 2.69. The number of likely N-dealkylation sites (tertiary alicyclic amines) is 1. The molecule has 0 saturated carbocycles. The number of nitrogens with zero attached hydrogens (tertiary/aromatic N) is 1. The van der Waals surface area contributed by atoms with Gasteiger partial charge in [0.2, 0.25) is 5.91 Å². The first kappa shape index (κ1) is 14.0. The highest BCUT2D eigenvalue weighted by Gasteiger charge is 2.27. The minimum Gasteiger partial charge on any atom is -0.394 e. The Morgan fingerprint density at radius 1 is 1.35 bits per heavy atom. The summed E-state index contributed by atoms with van der Waals surface area (Å²) in [5.74, 6) is 2.76. The third kappa shape index (κ3) is 5.18. The molecule has 5 nitrogen and oxygen atoms in total. The van der Waals surface area contributed by atoms with E-state index in [1.165, 1.54) is 0 Å². The van der Waals surface area contributed by atoms with Gasteiger partial charge < -0.3 is 19.5 Å². The SMILES string of the molecule is C#CC1CC(=O)N(CCOCCOCCO)C1. The van der Waals surface area contributed by atoms with E-state index in [9.17, 15) is 4.79 Å². The Bertz CT molecular complexity index is 274. The molecule has 17 heavy (non-hydrogen) atoms. The first-order chi connectivity index (χ1) is 8.27. The van der Waals surface area contributed by atoms with Crippen molar-refractivity contribution >= 4 is 5.91 Å². The molecule has 0 aromatic carbocycles. The minimum atomic E-state index is 0.0236. The maximum Gasteiger partial charge on any atom is 0.224 e. The van der Waals surface area contributed by atoms with Gasteiger partial charge in [-0.1, -0.05) is 0 Å². The lowest BCUT2D eigenvalue weighted by molar-refractivity contribution is -0.128. The molecule has 0 aromatic heterocycles. The Morgan fingerprint density at radius 3 is 2.65 bits per heavy atom. The van der Waals surface area contributed by atoms with Gasteiger partial charge in [-0.15, -0.1) is 12.3 Å². The summed E-state index contributed by atoms with van der Waals surface area (Å²) >= 11 is 0. The molecule has 0 bridgehead atoms. The van der Waals surface area contributed by atoms with Crippen molar-refractivity contribution in [2.45, 2.75) is 6.42 Å². The van der Waals surface area contributed by atoms with Crippen molar-refractivity contribution in [1.82, 2.24) is 4.90 Å². The van der Waals surface area contributed by atoms with Gasteiger partial charge in [0.25, 0.3) is 0 Å². The smallest absolute Gasteiger partial charge is 0.224 e. The zero-order valence-electron chi connectivity index (χ0n) is 9.93. The molecule has 1 saturated heterocycles. The standard InChI is InChI=1S/C12H19NO4/c1-2-11-9-12(15)13(10-11)3-5-16-7-8-17-6-4-14/h1,11,14H,3-10H2. The van der Waals surface area contributed by atoms with Gasteiger partial charge in [0.15, 0.2) is 0 Å². The van der Waals surface area contributed by atoms with E-state index in [0.29, 0.717) is 45.9 Å². The number of aliphatic hydroxyl groups is 1. The van der Waals surface area contributed by atoms with E-state index in [2.05, 4.69) is 5.92 Å². The van der Waals surface area contributed by atoms with E-state index in [1.807, 2.05) is 0 Å². The lowest BCUT2D eigenvalue weighted by Crippen LogP contribution is -2.29. The van der Waals surface area contributed by atoms with Crippen LogP contribution in [-0.4, -0.2) is 62.0 Å². The molecule has 1 rings (SSSR count). The van der Waals surface area contributed by atoms with Crippen molar-refractivity contribution in [2.75, 3.05) is 46.1 Å². The molecule has 0 aromatic rings. The quantitative estimate of drug-likeness (QED) is 0.459. The molecule has 96 valence electrons. The second-order valence-corrected chi connectivity index (χ2v) is 3.86. The predicted molar refractivity (Wildman–Crippen MR) is 62.2 cm³/mol. The van der Waals surface area contributed by atoms with Gasteiger partial charge in [-0.3, -0.25) is 4.79 Å². The lowest BCUT2D eigenvalue weighted by atomic mass is 10.1. The zero-order chi connectivity index (χ0) is 12.5. The first-order valence-electron chi connectivity index (χ1n) is 5.78. The van der Waals surface area contributed by atoms with E-state index in [4.69, 9.17) is 21.0 Å². The first-order valence-corrected chi connectivity index (χ1v) is 5.78. The van der Waals surface area contributed by atoms with Gasteiger partial charge in [0, 0.05) is 25.4 Å². The number of hydrogen-bond acceptors (Lipinski definition) is 4. The fourth-order valence-corrected chi connectivity index (χ4v) is 1.66. The highest BCUT2D eigenvalue weighted by atomic mass is 16.5. The fourth-order valence-electron chi connectivity index (χ4n) is 1.66. The maximum absolute atomic E-state index is 11.5. The largest absolute Gasteiger partial charge is 0.394 e. The van der Waals surface area contributed by atoms with Crippen LogP contribution in [0.25, 0.3) is 0 Å². The van der Waals surface area contributed by atoms with E-state index in [-0.39, 0.29) is 18.4 Å². The van der Waals surface area contributed by atoms with Crippen molar-refractivity contribution in [3.63, 3.8) is 0 Å². The normalized spacial score (nSPS) is 19.6. The molecule has 1 heterocycles. The van der Waals surface area contributed by atoms with Crippen LogP contribution in [0.1, 0.15) is 6.42 Å². The number of carbonyl (C=O) groups excluding carboxylic acids is 1. The highest BCUT2D eigenvalue weighted by Crippen LogP contribution is 2.15. The van der Waals surface area contributed by atoms with Gasteiger partial charge >= 0.3 is 0 Å². The molecule has 1 N–H and O–H groups in total. The Labute approximate surface area is 102 Å². The van der Waals surface area contributed by atoms with Gasteiger partial charge in [-0.25, -0.2) is 0 Å². The molecule has 1 amide bonds. The predicted octanol–water partition coefficient (Wildman–Crippen LogP) is -0.506. The van der Waals surface area contributed by atoms with Crippen molar-refractivity contribution in [2.24, 2.45) is 5.92 Å². The second-order valence-electron chi connectivity index (χ2n) is 3.86. The van der Waals surface area contributed by atoms with Crippen LogP contribution < -0.4 is 0 Å². The Kier molecular flexibility index (Phi) is 6.63. The summed E-state index contributed by atoms with van der Waals surface area (Å²) in [6, 6.07) is 0. The molecular formula is C12H19NO4. The highest BCUT2D eigenvalue weighted by molar-refractivity contribution is 5.79. The molecule has 1 unspecified atom stereocenters. The molecule has 0 aliphatic carbocycles. The summed E-state index contributed by atoms with van der Waals surface area (Å²) in [5, 5.41) is 8.46. The minimum absolute atomic E-state index is 0.0236. The van der Waals surface area contributed by atoms with Crippen molar-refractivity contribution < 1.29 is 19.4 Å². The van der Waals surface area contributed by atoms with Crippen LogP contribution in [0.15, 0.2) is 0 Å². The van der Waals surface area contributed by atoms with E-state index in [0.717, 1.165) is 0 Å².